The molecule has 2 unspecified atom stereocenters. The SMILES string of the molecule is CC(C)c1ccc2ncc(-c3cncc(C(C)CCC(C)c4ncccn4)c3)n2c1. The molecule has 0 radical (unpaired) electrons. The van der Waals surface area contributed by atoms with E-state index in [1.165, 1.54) is 11.1 Å². The number of aromatic nitrogens is 5. The van der Waals surface area contributed by atoms with Gasteiger partial charge in [-0.05, 0) is 54.0 Å². The lowest BCUT2D eigenvalue weighted by Gasteiger charge is -2.15. The largest absolute Gasteiger partial charge is 0.299 e. The summed E-state index contributed by atoms with van der Waals surface area (Å²) in [7, 11) is 0. The van der Waals surface area contributed by atoms with Crippen molar-refractivity contribution < 1.29 is 0 Å². The Morgan fingerprint density at radius 3 is 2.37 bits per heavy atom. The second-order valence-corrected chi connectivity index (χ2v) is 8.48. The van der Waals surface area contributed by atoms with E-state index < -0.39 is 0 Å². The highest BCUT2D eigenvalue weighted by Gasteiger charge is 2.14. The second kappa shape index (κ2) is 8.74. The summed E-state index contributed by atoms with van der Waals surface area (Å²) in [5, 5.41) is 0. The molecule has 0 saturated carbocycles. The van der Waals surface area contributed by atoms with Crippen LogP contribution in [0.1, 0.15) is 75.2 Å². The first-order valence-electron chi connectivity index (χ1n) is 10.7. The van der Waals surface area contributed by atoms with Crippen molar-refractivity contribution in [2.75, 3.05) is 0 Å². The Bertz CT molecular complexity index is 1120. The summed E-state index contributed by atoms with van der Waals surface area (Å²) < 4.78 is 2.18. The highest BCUT2D eigenvalue weighted by Crippen LogP contribution is 2.29. The van der Waals surface area contributed by atoms with Crippen molar-refractivity contribution >= 4 is 5.65 Å². The fraction of sp³-hybridized carbons (Fsp3) is 0.360. The monoisotopic (exact) mass is 399 g/mol. The first kappa shape index (κ1) is 20.2. The Labute approximate surface area is 178 Å². The van der Waals surface area contributed by atoms with Crippen LogP contribution in [-0.2, 0) is 0 Å². The number of pyridine rings is 2. The van der Waals surface area contributed by atoms with Gasteiger partial charge in [0.15, 0.2) is 0 Å². The van der Waals surface area contributed by atoms with Crippen molar-refractivity contribution in [3.8, 4) is 11.3 Å². The van der Waals surface area contributed by atoms with Crippen LogP contribution in [0.15, 0.2) is 61.4 Å². The maximum absolute atomic E-state index is 4.58. The molecule has 0 amide bonds. The lowest BCUT2D eigenvalue weighted by atomic mass is 9.92. The quantitative estimate of drug-likeness (QED) is 0.382. The number of fused-ring (bicyclic) bond motifs is 1. The third-order valence-electron chi connectivity index (χ3n) is 5.88. The Morgan fingerprint density at radius 1 is 0.833 bits per heavy atom. The third-order valence-corrected chi connectivity index (χ3v) is 5.88. The summed E-state index contributed by atoms with van der Waals surface area (Å²) in [5.74, 6) is 2.15. The molecule has 0 N–H and O–H groups in total. The predicted molar refractivity (Wildman–Crippen MR) is 121 cm³/mol. The summed E-state index contributed by atoms with van der Waals surface area (Å²) in [6.45, 7) is 8.89. The molecule has 0 aliphatic carbocycles. The molecule has 5 nitrogen and oxygen atoms in total. The minimum absolute atomic E-state index is 0.345. The van der Waals surface area contributed by atoms with Crippen LogP contribution in [0.2, 0.25) is 0 Å². The van der Waals surface area contributed by atoms with E-state index in [1.54, 1.807) is 0 Å². The molecule has 0 fully saturated rings. The van der Waals surface area contributed by atoms with Crippen LogP contribution in [0.5, 0.6) is 0 Å². The van der Waals surface area contributed by atoms with Crippen molar-refractivity contribution in [1.29, 1.82) is 0 Å². The molecule has 0 bridgehead atoms. The van der Waals surface area contributed by atoms with Gasteiger partial charge in [0.05, 0.1) is 11.9 Å². The normalized spacial score (nSPS) is 13.6. The van der Waals surface area contributed by atoms with E-state index in [1.807, 2.05) is 37.1 Å². The minimum atomic E-state index is 0.345. The molecule has 5 heteroatoms. The van der Waals surface area contributed by atoms with Gasteiger partial charge in [-0.15, -0.1) is 0 Å². The van der Waals surface area contributed by atoms with Crippen molar-refractivity contribution in [1.82, 2.24) is 24.3 Å². The van der Waals surface area contributed by atoms with E-state index in [-0.39, 0.29) is 0 Å². The van der Waals surface area contributed by atoms with E-state index in [0.29, 0.717) is 17.8 Å². The average Bonchev–Trinajstić information content (AvgIpc) is 3.21. The summed E-state index contributed by atoms with van der Waals surface area (Å²) in [6.07, 6.45) is 13.8. The lowest BCUT2D eigenvalue weighted by molar-refractivity contribution is 0.554. The zero-order chi connectivity index (χ0) is 21.1. The topological polar surface area (TPSA) is 56.0 Å². The molecule has 4 aromatic heterocycles. The van der Waals surface area contributed by atoms with Crippen LogP contribution in [0.4, 0.5) is 0 Å². The van der Waals surface area contributed by atoms with E-state index in [9.17, 15) is 0 Å². The fourth-order valence-electron chi connectivity index (χ4n) is 3.78. The number of imidazole rings is 1. The van der Waals surface area contributed by atoms with Crippen LogP contribution in [0.25, 0.3) is 16.9 Å². The van der Waals surface area contributed by atoms with Crippen molar-refractivity contribution in [3.63, 3.8) is 0 Å². The molecule has 4 aromatic rings. The van der Waals surface area contributed by atoms with Crippen LogP contribution in [0.3, 0.4) is 0 Å². The molecular formula is C25H29N5. The lowest BCUT2D eigenvalue weighted by Crippen LogP contribution is -2.03. The molecule has 30 heavy (non-hydrogen) atoms. The Kier molecular flexibility index (Phi) is 5.88. The molecule has 0 aliphatic rings. The molecule has 0 spiro atoms. The summed E-state index contributed by atoms with van der Waals surface area (Å²) in [6, 6.07) is 8.37. The summed E-state index contributed by atoms with van der Waals surface area (Å²) in [4.78, 5) is 17.9. The molecule has 2 atom stereocenters. The highest BCUT2D eigenvalue weighted by atomic mass is 15.0. The van der Waals surface area contributed by atoms with Gasteiger partial charge in [-0.2, -0.15) is 0 Å². The molecule has 154 valence electrons. The molecule has 0 aliphatic heterocycles. The van der Waals surface area contributed by atoms with Gasteiger partial charge in [0.2, 0.25) is 0 Å². The van der Waals surface area contributed by atoms with Gasteiger partial charge in [-0.25, -0.2) is 15.0 Å². The standard InChI is InChI=1S/C25H29N5/c1-17(2)20-8-9-24-29-15-23(30(24)16-20)22-12-21(13-26-14-22)18(3)6-7-19(4)25-27-10-5-11-28-25/h5,8-19H,6-7H2,1-4H3. The van der Waals surface area contributed by atoms with Gasteiger partial charge >= 0.3 is 0 Å². The fourth-order valence-corrected chi connectivity index (χ4v) is 3.78. The average molecular weight is 400 g/mol. The van der Waals surface area contributed by atoms with Crippen LogP contribution in [-0.4, -0.2) is 24.3 Å². The Morgan fingerprint density at radius 2 is 1.60 bits per heavy atom. The van der Waals surface area contributed by atoms with Gasteiger partial charge in [-0.1, -0.05) is 33.8 Å². The van der Waals surface area contributed by atoms with E-state index >= 15 is 0 Å². The Balaban J connectivity index is 1.54. The second-order valence-electron chi connectivity index (χ2n) is 8.48. The molecule has 0 aromatic carbocycles. The van der Waals surface area contributed by atoms with E-state index in [2.05, 4.69) is 76.4 Å². The molecular weight excluding hydrogens is 370 g/mol. The smallest absolute Gasteiger partial charge is 0.137 e. The number of hydrogen-bond donors (Lipinski definition) is 0. The molecule has 0 saturated heterocycles. The van der Waals surface area contributed by atoms with Crippen LogP contribution < -0.4 is 0 Å². The summed E-state index contributed by atoms with van der Waals surface area (Å²) >= 11 is 0. The molecule has 4 heterocycles. The van der Waals surface area contributed by atoms with Crippen molar-refractivity contribution in [3.05, 3.63) is 78.4 Å². The van der Waals surface area contributed by atoms with Crippen LogP contribution in [0, 0.1) is 0 Å². The van der Waals surface area contributed by atoms with E-state index in [0.717, 1.165) is 35.6 Å². The zero-order valence-electron chi connectivity index (χ0n) is 18.2. The summed E-state index contributed by atoms with van der Waals surface area (Å²) in [5.41, 5.74) is 5.71. The van der Waals surface area contributed by atoms with E-state index in [4.69, 9.17) is 0 Å². The van der Waals surface area contributed by atoms with Gasteiger partial charge in [0.1, 0.15) is 11.5 Å². The van der Waals surface area contributed by atoms with Gasteiger partial charge in [0, 0.05) is 42.5 Å². The van der Waals surface area contributed by atoms with Crippen molar-refractivity contribution in [2.45, 2.75) is 58.3 Å². The predicted octanol–water partition coefficient (Wildman–Crippen LogP) is 6.00. The maximum atomic E-state index is 4.58. The minimum Gasteiger partial charge on any atom is -0.299 e. The van der Waals surface area contributed by atoms with Crippen LogP contribution >= 0.6 is 0 Å². The Hall–Kier alpha value is -3.08. The van der Waals surface area contributed by atoms with Gasteiger partial charge < -0.3 is 0 Å². The zero-order valence-corrected chi connectivity index (χ0v) is 18.2. The highest BCUT2D eigenvalue weighted by molar-refractivity contribution is 5.63. The maximum Gasteiger partial charge on any atom is 0.137 e. The van der Waals surface area contributed by atoms with Gasteiger partial charge in [0.25, 0.3) is 0 Å². The number of hydrogen-bond acceptors (Lipinski definition) is 4. The number of rotatable bonds is 7. The molecule has 4 rings (SSSR count). The third kappa shape index (κ3) is 4.25. The first-order chi connectivity index (χ1) is 14.5. The first-order valence-corrected chi connectivity index (χ1v) is 10.7. The number of nitrogens with zero attached hydrogens (tertiary/aromatic N) is 5. The van der Waals surface area contributed by atoms with Crippen molar-refractivity contribution in [2.24, 2.45) is 0 Å². The van der Waals surface area contributed by atoms with Gasteiger partial charge in [-0.3, -0.25) is 9.38 Å².